The number of cyclic esters (lactones) is 1. The van der Waals surface area contributed by atoms with Crippen molar-refractivity contribution in [1.82, 2.24) is 0 Å². The number of hydrogen-bond donors (Lipinski definition) is 1. The van der Waals surface area contributed by atoms with E-state index in [0.29, 0.717) is 41.8 Å². The SMILES string of the molecule is COc1c([C@@H](O)CC(C)C)ccc2c1C(=O)OCc1cc(C)cc(OCC3CC3)c1O2. The van der Waals surface area contributed by atoms with Crippen LogP contribution in [0.1, 0.15) is 66.3 Å². The molecule has 0 unspecified atom stereocenters. The van der Waals surface area contributed by atoms with Gasteiger partial charge in [0.25, 0.3) is 0 Å². The maximum Gasteiger partial charge on any atom is 0.346 e. The van der Waals surface area contributed by atoms with Crippen LogP contribution in [0, 0.1) is 18.8 Å². The number of benzene rings is 2. The van der Waals surface area contributed by atoms with E-state index in [1.807, 2.05) is 32.9 Å². The molecule has 31 heavy (non-hydrogen) atoms. The lowest BCUT2D eigenvalue weighted by molar-refractivity contribution is 0.0453. The van der Waals surface area contributed by atoms with E-state index in [4.69, 9.17) is 18.9 Å². The molecule has 0 radical (unpaired) electrons. The highest BCUT2D eigenvalue weighted by Crippen LogP contribution is 2.45. The summed E-state index contributed by atoms with van der Waals surface area (Å²) < 4.78 is 23.5. The molecule has 2 aliphatic rings. The predicted molar refractivity (Wildman–Crippen MR) is 116 cm³/mol. The standard InChI is InChI=1S/C25H30O6/c1-14(2)9-19(26)18-7-8-20-22(24(18)28-4)25(27)30-13-17-10-15(3)11-21(23(17)31-20)29-12-16-5-6-16/h7-8,10-11,14,16,19,26H,5-6,9,12-13H2,1-4H3/t19-/m0/s1. The summed E-state index contributed by atoms with van der Waals surface area (Å²) in [4.78, 5) is 12.9. The minimum absolute atomic E-state index is 0.0665. The first-order valence-electron chi connectivity index (χ1n) is 10.9. The van der Waals surface area contributed by atoms with Gasteiger partial charge in [0.05, 0.1) is 19.8 Å². The molecular formula is C25H30O6. The Labute approximate surface area is 183 Å². The predicted octanol–water partition coefficient (Wildman–Crippen LogP) is 5.33. The largest absolute Gasteiger partial charge is 0.495 e. The second kappa shape index (κ2) is 8.79. The third-order valence-electron chi connectivity index (χ3n) is 5.63. The van der Waals surface area contributed by atoms with Crippen LogP contribution in [0.25, 0.3) is 0 Å². The molecule has 0 amide bonds. The van der Waals surface area contributed by atoms with Gasteiger partial charge in [0.1, 0.15) is 23.7 Å². The Morgan fingerprint density at radius 1 is 1.23 bits per heavy atom. The molecule has 2 aromatic rings. The maximum atomic E-state index is 12.9. The average Bonchev–Trinajstić information content (AvgIpc) is 3.54. The highest BCUT2D eigenvalue weighted by molar-refractivity contribution is 5.96. The number of rotatable bonds is 7. The molecule has 1 saturated carbocycles. The second-order valence-corrected chi connectivity index (χ2v) is 8.89. The van der Waals surface area contributed by atoms with Crippen molar-refractivity contribution >= 4 is 5.97 Å². The van der Waals surface area contributed by atoms with Crippen LogP contribution in [0.3, 0.4) is 0 Å². The van der Waals surface area contributed by atoms with Crippen molar-refractivity contribution in [2.24, 2.45) is 11.8 Å². The maximum absolute atomic E-state index is 12.9. The van der Waals surface area contributed by atoms with Gasteiger partial charge in [0.15, 0.2) is 11.5 Å². The zero-order chi connectivity index (χ0) is 22.1. The van der Waals surface area contributed by atoms with Crippen LogP contribution in [-0.2, 0) is 11.3 Å². The number of methoxy groups -OCH3 is 1. The summed E-state index contributed by atoms with van der Waals surface area (Å²) >= 11 is 0. The quantitative estimate of drug-likeness (QED) is 0.603. The Balaban J connectivity index is 1.76. The molecule has 0 spiro atoms. The zero-order valence-electron chi connectivity index (χ0n) is 18.6. The highest BCUT2D eigenvalue weighted by atomic mass is 16.6. The molecule has 6 nitrogen and oxygen atoms in total. The Bertz CT molecular complexity index is 976. The van der Waals surface area contributed by atoms with Crippen LogP contribution < -0.4 is 14.2 Å². The first-order valence-corrected chi connectivity index (χ1v) is 10.9. The number of aryl methyl sites for hydroxylation is 1. The van der Waals surface area contributed by atoms with Crippen molar-refractivity contribution in [3.8, 4) is 23.0 Å². The fraction of sp³-hybridized carbons (Fsp3) is 0.480. The van der Waals surface area contributed by atoms with Gasteiger partial charge < -0.3 is 24.1 Å². The summed E-state index contributed by atoms with van der Waals surface area (Å²) in [5.41, 5.74) is 2.50. The molecule has 1 atom stereocenters. The summed E-state index contributed by atoms with van der Waals surface area (Å²) in [6.07, 6.45) is 2.17. The molecular weight excluding hydrogens is 396 g/mol. The van der Waals surface area contributed by atoms with Crippen molar-refractivity contribution in [3.63, 3.8) is 0 Å². The molecule has 0 saturated heterocycles. The lowest BCUT2D eigenvalue weighted by Gasteiger charge is -2.24. The van der Waals surface area contributed by atoms with Gasteiger partial charge in [-0.15, -0.1) is 0 Å². The van der Waals surface area contributed by atoms with E-state index in [2.05, 4.69) is 0 Å². The fourth-order valence-corrected chi connectivity index (χ4v) is 3.88. The molecule has 1 N–H and O–H groups in total. The third kappa shape index (κ3) is 4.64. The van der Waals surface area contributed by atoms with Gasteiger partial charge in [0.2, 0.25) is 0 Å². The Morgan fingerprint density at radius 3 is 2.68 bits per heavy atom. The van der Waals surface area contributed by atoms with E-state index < -0.39 is 12.1 Å². The molecule has 2 aromatic carbocycles. The van der Waals surface area contributed by atoms with Crippen LogP contribution in [-0.4, -0.2) is 24.8 Å². The molecule has 0 bridgehead atoms. The zero-order valence-corrected chi connectivity index (χ0v) is 18.6. The third-order valence-corrected chi connectivity index (χ3v) is 5.63. The Kier molecular flexibility index (Phi) is 6.10. The van der Waals surface area contributed by atoms with Gasteiger partial charge in [-0.1, -0.05) is 13.8 Å². The number of fused-ring (bicyclic) bond motifs is 2. The van der Waals surface area contributed by atoms with Gasteiger partial charge in [-0.25, -0.2) is 4.79 Å². The molecule has 1 fully saturated rings. The van der Waals surface area contributed by atoms with Crippen LogP contribution >= 0.6 is 0 Å². The Morgan fingerprint density at radius 2 is 2.00 bits per heavy atom. The first-order chi connectivity index (χ1) is 14.9. The van der Waals surface area contributed by atoms with Crippen molar-refractivity contribution in [2.45, 2.75) is 52.7 Å². The van der Waals surface area contributed by atoms with E-state index in [1.165, 1.54) is 20.0 Å². The normalized spacial score (nSPS) is 16.4. The van der Waals surface area contributed by atoms with Crippen molar-refractivity contribution in [1.29, 1.82) is 0 Å². The van der Waals surface area contributed by atoms with E-state index in [-0.39, 0.29) is 23.8 Å². The minimum atomic E-state index is -0.758. The number of aliphatic hydroxyl groups excluding tert-OH is 1. The number of carbonyl (C=O) groups excluding carboxylic acids is 1. The van der Waals surface area contributed by atoms with Crippen LogP contribution in [0.4, 0.5) is 0 Å². The van der Waals surface area contributed by atoms with Crippen molar-refractivity contribution in [3.05, 3.63) is 46.5 Å². The molecule has 0 aromatic heterocycles. The summed E-state index contributed by atoms with van der Waals surface area (Å²) in [6, 6.07) is 7.33. The Hall–Kier alpha value is -2.73. The molecule has 4 rings (SSSR count). The lowest BCUT2D eigenvalue weighted by atomic mass is 9.96. The first kappa shape index (κ1) is 21.5. The number of aliphatic hydroxyl groups is 1. The lowest BCUT2D eigenvalue weighted by Crippen LogP contribution is -2.15. The molecule has 6 heteroatoms. The van der Waals surface area contributed by atoms with E-state index in [0.717, 1.165) is 11.1 Å². The summed E-state index contributed by atoms with van der Waals surface area (Å²) in [6.45, 7) is 6.75. The van der Waals surface area contributed by atoms with Gasteiger partial charge in [0, 0.05) is 11.1 Å². The fourth-order valence-electron chi connectivity index (χ4n) is 3.88. The molecule has 166 valence electrons. The molecule has 1 aliphatic carbocycles. The van der Waals surface area contributed by atoms with Crippen molar-refractivity contribution in [2.75, 3.05) is 13.7 Å². The summed E-state index contributed by atoms with van der Waals surface area (Å²) in [5.74, 6) is 2.14. The monoisotopic (exact) mass is 426 g/mol. The van der Waals surface area contributed by atoms with E-state index in [1.54, 1.807) is 12.1 Å². The minimum Gasteiger partial charge on any atom is -0.495 e. The van der Waals surface area contributed by atoms with Crippen molar-refractivity contribution < 1.29 is 28.8 Å². The van der Waals surface area contributed by atoms with Gasteiger partial charge >= 0.3 is 5.97 Å². The van der Waals surface area contributed by atoms with E-state index in [9.17, 15) is 9.90 Å². The van der Waals surface area contributed by atoms with Gasteiger partial charge in [-0.2, -0.15) is 0 Å². The number of ether oxygens (including phenoxy) is 4. The van der Waals surface area contributed by atoms with Crippen LogP contribution in [0.15, 0.2) is 24.3 Å². The van der Waals surface area contributed by atoms with Crippen LogP contribution in [0.2, 0.25) is 0 Å². The number of esters is 1. The van der Waals surface area contributed by atoms with E-state index >= 15 is 0 Å². The highest BCUT2D eigenvalue weighted by Gasteiger charge is 2.30. The average molecular weight is 427 g/mol. The summed E-state index contributed by atoms with van der Waals surface area (Å²) in [5, 5.41) is 10.7. The van der Waals surface area contributed by atoms with Crippen LogP contribution in [0.5, 0.6) is 23.0 Å². The van der Waals surface area contributed by atoms with Gasteiger partial charge in [-0.3, -0.25) is 0 Å². The number of carbonyl (C=O) groups is 1. The van der Waals surface area contributed by atoms with Gasteiger partial charge in [-0.05, 0) is 67.9 Å². The number of hydrogen-bond acceptors (Lipinski definition) is 6. The summed E-state index contributed by atoms with van der Waals surface area (Å²) in [7, 11) is 1.48. The molecule has 1 heterocycles. The second-order valence-electron chi connectivity index (χ2n) is 8.89. The molecule has 1 aliphatic heterocycles. The topological polar surface area (TPSA) is 74.2 Å². The smallest absolute Gasteiger partial charge is 0.346 e.